The van der Waals surface area contributed by atoms with Crippen molar-refractivity contribution in [2.75, 3.05) is 7.11 Å². The first kappa shape index (κ1) is 9.97. The maximum atomic E-state index is 6.10. The van der Waals surface area contributed by atoms with Crippen LogP contribution in [-0.4, -0.2) is 13.2 Å². The molecule has 1 aromatic carbocycles. The molecule has 0 bridgehead atoms. The summed E-state index contributed by atoms with van der Waals surface area (Å²) in [6, 6.07) is 8.55. The lowest BCUT2D eigenvalue weighted by atomic mass is 9.76. The monoisotopic (exact) mass is 211 g/mol. The van der Waals surface area contributed by atoms with Crippen molar-refractivity contribution in [2.45, 2.75) is 24.8 Å². The van der Waals surface area contributed by atoms with E-state index in [-0.39, 0.29) is 0 Å². The third-order valence-electron chi connectivity index (χ3n) is 2.77. The zero-order valence-corrected chi connectivity index (χ0v) is 8.92. The van der Waals surface area contributed by atoms with E-state index in [1.165, 1.54) is 5.56 Å². The van der Waals surface area contributed by atoms with Gasteiger partial charge in [0.15, 0.2) is 0 Å². The molecule has 2 rings (SSSR count). The standard InChI is InChI=1S/C11H14ClNO/c1-14-13-9-6-8(7-9)10-4-2-3-5-11(10)12/h2-5,8-9,13H,6-7H2,1H3. The summed E-state index contributed by atoms with van der Waals surface area (Å²) >= 11 is 6.10. The number of hydroxylamine groups is 1. The van der Waals surface area contributed by atoms with E-state index in [1.807, 2.05) is 18.2 Å². The van der Waals surface area contributed by atoms with E-state index in [0.29, 0.717) is 12.0 Å². The maximum absolute atomic E-state index is 6.10. The van der Waals surface area contributed by atoms with Crippen molar-refractivity contribution in [1.82, 2.24) is 5.48 Å². The van der Waals surface area contributed by atoms with Gasteiger partial charge >= 0.3 is 0 Å². The van der Waals surface area contributed by atoms with Crippen molar-refractivity contribution in [3.63, 3.8) is 0 Å². The first-order valence-electron chi connectivity index (χ1n) is 4.84. The van der Waals surface area contributed by atoms with Gasteiger partial charge in [0, 0.05) is 11.1 Å². The topological polar surface area (TPSA) is 21.3 Å². The molecule has 0 atom stereocenters. The molecule has 0 saturated heterocycles. The van der Waals surface area contributed by atoms with E-state index in [9.17, 15) is 0 Å². The average Bonchev–Trinajstić information content (AvgIpc) is 2.12. The number of hydrogen-bond donors (Lipinski definition) is 1. The Hall–Kier alpha value is -0.570. The van der Waals surface area contributed by atoms with Crippen LogP contribution in [0.4, 0.5) is 0 Å². The second-order valence-corrected chi connectivity index (χ2v) is 4.12. The van der Waals surface area contributed by atoms with Crippen molar-refractivity contribution in [1.29, 1.82) is 0 Å². The Morgan fingerprint density at radius 3 is 2.71 bits per heavy atom. The van der Waals surface area contributed by atoms with E-state index in [2.05, 4.69) is 11.5 Å². The fourth-order valence-electron chi connectivity index (χ4n) is 1.94. The van der Waals surface area contributed by atoms with Crippen molar-refractivity contribution >= 4 is 11.6 Å². The van der Waals surface area contributed by atoms with Crippen LogP contribution in [0, 0.1) is 0 Å². The highest BCUT2D eigenvalue weighted by Crippen LogP contribution is 2.39. The van der Waals surface area contributed by atoms with Crippen LogP contribution in [0.1, 0.15) is 24.3 Å². The Labute approximate surface area is 89.2 Å². The number of rotatable bonds is 3. The van der Waals surface area contributed by atoms with Crippen LogP contribution in [0.5, 0.6) is 0 Å². The van der Waals surface area contributed by atoms with Crippen LogP contribution in [0.3, 0.4) is 0 Å². The average molecular weight is 212 g/mol. The molecule has 0 amide bonds. The number of benzene rings is 1. The van der Waals surface area contributed by atoms with Gasteiger partial charge < -0.3 is 4.84 Å². The molecular weight excluding hydrogens is 198 g/mol. The second kappa shape index (κ2) is 4.30. The molecule has 14 heavy (non-hydrogen) atoms. The zero-order chi connectivity index (χ0) is 9.97. The van der Waals surface area contributed by atoms with Crippen LogP contribution < -0.4 is 5.48 Å². The fourth-order valence-corrected chi connectivity index (χ4v) is 2.23. The van der Waals surface area contributed by atoms with Gasteiger partial charge in [0.25, 0.3) is 0 Å². The Balaban J connectivity index is 1.96. The van der Waals surface area contributed by atoms with E-state index in [1.54, 1.807) is 7.11 Å². The van der Waals surface area contributed by atoms with E-state index >= 15 is 0 Å². The Kier molecular flexibility index (Phi) is 3.06. The van der Waals surface area contributed by atoms with E-state index in [0.717, 1.165) is 17.9 Å². The molecule has 0 aromatic heterocycles. The molecule has 1 aromatic rings. The summed E-state index contributed by atoms with van der Waals surface area (Å²) in [6.45, 7) is 0. The molecule has 1 N–H and O–H groups in total. The lowest BCUT2D eigenvalue weighted by Crippen LogP contribution is -2.39. The van der Waals surface area contributed by atoms with Gasteiger partial charge in [-0.25, -0.2) is 0 Å². The molecule has 0 aliphatic heterocycles. The SMILES string of the molecule is CONC1CC(c2ccccc2Cl)C1. The molecule has 1 saturated carbocycles. The van der Waals surface area contributed by atoms with Crippen molar-refractivity contribution in [2.24, 2.45) is 0 Å². The predicted molar refractivity (Wildman–Crippen MR) is 57.4 cm³/mol. The molecule has 1 aliphatic carbocycles. The highest BCUT2D eigenvalue weighted by molar-refractivity contribution is 6.31. The van der Waals surface area contributed by atoms with Gasteiger partial charge in [-0.15, -0.1) is 0 Å². The van der Waals surface area contributed by atoms with Crippen LogP contribution >= 0.6 is 11.6 Å². The number of nitrogens with one attached hydrogen (secondary N) is 1. The summed E-state index contributed by atoms with van der Waals surface area (Å²) < 4.78 is 0. The summed E-state index contributed by atoms with van der Waals surface area (Å²) in [6.07, 6.45) is 2.22. The molecule has 0 radical (unpaired) electrons. The maximum Gasteiger partial charge on any atom is 0.0572 e. The van der Waals surface area contributed by atoms with Gasteiger partial charge in [-0.1, -0.05) is 29.8 Å². The third kappa shape index (κ3) is 1.92. The summed E-state index contributed by atoms with van der Waals surface area (Å²) in [5.74, 6) is 0.594. The lowest BCUT2D eigenvalue weighted by molar-refractivity contribution is 0.0285. The normalized spacial score (nSPS) is 25.9. The largest absolute Gasteiger partial charge is 0.305 e. The molecule has 0 spiro atoms. The van der Waals surface area contributed by atoms with Gasteiger partial charge in [-0.3, -0.25) is 0 Å². The molecule has 76 valence electrons. The van der Waals surface area contributed by atoms with Crippen LogP contribution in [0.2, 0.25) is 5.02 Å². The summed E-state index contributed by atoms with van der Waals surface area (Å²) in [7, 11) is 1.66. The van der Waals surface area contributed by atoms with Crippen molar-refractivity contribution in [3.8, 4) is 0 Å². The summed E-state index contributed by atoms with van der Waals surface area (Å²) in [5, 5.41) is 0.883. The predicted octanol–water partition coefficient (Wildman–Crippen LogP) is 2.74. The first-order chi connectivity index (χ1) is 6.81. The van der Waals surface area contributed by atoms with Gasteiger partial charge in [0.1, 0.15) is 0 Å². The fraction of sp³-hybridized carbons (Fsp3) is 0.455. The van der Waals surface area contributed by atoms with Crippen molar-refractivity contribution < 1.29 is 4.84 Å². The Bertz CT molecular complexity index is 310. The molecular formula is C11H14ClNO. The minimum Gasteiger partial charge on any atom is -0.305 e. The molecule has 0 heterocycles. The second-order valence-electron chi connectivity index (χ2n) is 3.71. The van der Waals surface area contributed by atoms with Crippen molar-refractivity contribution in [3.05, 3.63) is 34.9 Å². The number of hydrogen-bond acceptors (Lipinski definition) is 2. The minimum absolute atomic E-state index is 0.487. The molecule has 3 heteroatoms. The van der Waals surface area contributed by atoms with Gasteiger partial charge in [0.05, 0.1) is 7.11 Å². The Morgan fingerprint density at radius 1 is 1.36 bits per heavy atom. The van der Waals surface area contributed by atoms with Crippen LogP contribution in [-0.2, 0) is 4.84 Å². The number of halogens is 1. The quantitative estimate of drug-likeness (QED) is 0.777. The van der Waals surface area contributed by atoms with Gasteiger partial charge in [-0.05, 0) is 30.4 Å². The van der Waals surface area contributed by atoms with Gasteiger partial charge in [-0.2, -0.15) is 5.48 Å². The molecule has 1 fully saturated rings. The highest BCUT2D eigenvalue weighted by Gasteiger charge is 2.31. The zero-order valence-electron chi connectivity index (χ0n) is 8.16. The van der Waals surface area contributed by atoms with Crippen LogP contribution in [0.15, 0.2) is 24.3 Å². The van der Waals surface area contributed by atoms with E-state index in [4.69, 9.17) is 16.4 Å². The summed E-state index contributed by atoms with van der Waals surface area (Å²) in [5.41, 5.74) is 4.23. The third-order valence-corrected chi connectivity index (χ3v) is 3.11. The first-order valence-corrected chi connectivity index (χ1v) is 5.22. The lowest BCUT2D eigenvalue weighted by Gasteiger charge is -2.35. The van der Waals surface area contributed by atoms with Crippen LogP contribution in [0.25, 0.3) is 0 Å². The summed E-state index contributed by atoms with van der Waals surface area (Å²) in [4.78, 5) is 4.88. The highest BCUT2D eigenvalue weighted by atomic mass is 35.5. The molecule has 1 aliphatic rings. The minimum atomic E-state index is 0.487. The Morgan fingerprint density at radius 2 is 2.07 bits per heavy atom. The van der Waals surface area contributed by atoms with E-state index < -0.39 is 0 Å². The smallest absolute Gasteiger partial charge is 0.0572 e. The molecule has 0 unspecified atom stereocenters. The molecule has 2 nitrogen and oxygen atoms in total. The van der Waals surface area contributed by atoms with Gasteiger partial charge in [0.2, 0.25) is 0 Å².